The second-order valence-electron chi connectivity index (χ2n) is 4.27. The largest absolute Gasteiger partial charge is 0.378 e. The molecule has 2 fully saturated rings. The third kappa shape index (κ3) is 2.31. The normalized spacial score (nSPS) is 23.1. The highest BCUT2D eigenvalue weighted by molar-refractivity contribution is 6.05. The molecule has 6 nitrogen and oxygen atoms in total. The maximum absolute atomic E-state index is 12.1. The van der Waals surface area contributed by atoms with E-state index < -0.39 is 6.04 Å². The summed E-state index contributed by atoms with van der Waals surface area (Å²) in [6.45, 7) is 3.69. The number of morpholine rings is 1. The number of hydrogen-bond donors (Lipinski definition) is 0. The fraction of sp³-hybridized carbons (Fsp3) is 0.727. The van der Waals surface area contributed by atoms with E-state index in [9.17, 15) is 14.4 Å². The van der Waals surface area contributed by atoms with Crippen LogP contribution in [0.3, 0.4) is 0 Å². The van der Waals surface area contributed by atoms with Crippen LogP contribution in [0, 0.1) is 0 Å². The van der Waals surface area contributed by atoms with Crippen molar-refractivity contribution in [3.05, 3.63) is 0 Å². The van der Waals surface area contributed by atoms with Gasteiger partial charge >= 0.3 is 0 Å². The minimum absolute atomic E-state index is 0.170. The van der Waals surface area contributed by atoms with Crippen LogP contribution in [-0.2, 0) is 19.1 Å². The number of amides is 3. The molecule has 0 bridgehead atoms. The Morgan fingerprint density at radius 3 is 2.24 bits per heavy atom. The van der Waals surface area contributed by atoms with Gasteiger partial charge in [-0.15, -0.1) is 0 Å². The molecule has 2 heterocycles. The lowest BCUT2D eigenvalue weighted by molar-refractivity contribution is -0.151. The summed E-state index contributed by atoms with van der Waals surface area (Å²) in [5.74, 6) is -0.662. The van der Waals surface area contributed by atoms with E-state index >= 15 is 0 Å². The zero-order chi connectivity index (χ0) is 12.4. The predicted octanol–water partition coefficient (Wildman–Crippen LogP) is -0.617. The standard InChI is InChI=1S/C11H16N2O4/c1-8(13-9(14)2-3-10(13)15)11(16)12-4-6-17-7-5-12/h8H,2-7H2,1H3/t8-/m0/s1. The fourth-order valence-electron chi connectivity index (χ4n) is 2.18. The third-order valence-electron chi connectivity index (χ3n) is 3.16. The molecule has 0 saturated carbocycles. The van der Waals surface area contributed by atoms with Gasteiger partial charge in [0.1, 0.15) is 6.04 Å². The van der Waals surface area contributed by atoms with Gasteiger partial charge in [-0.2, -0.15) is 0 Å². The Hall–Kier alpha value is -1.43. The number of nitrogens with zero attached hydrogens (tertiary/aromatic N) is 2. The molecule has 6 heteroatoms. The molecule has 0 unspecified atom stereocenters. The van der Waals surface area contributed by atoms with E-state index in [-0.39, 0.29) is 30.6 Å². The summed E-state index contributed by atoms with van der Waals surface area (Å²) < 4.78 is 5.16. The molecule has 2 aliphatic rings. The van der Waals surface area contributed by atoms with Crippen molar-refractivity contribution < 1.29 is 19.1 Å². The van der Waals surface area contributed by atoms with E-state index in [0.29, 0.717) is 26.3 Å². The minimum Gasteiger partial charge on any atom is -0.378 e. The number of carbonyl (C=O) groups is 3. The molecule has 2 rings (SSSR count). The smallest absolute Gasteiger partial charge is 0.245 e. The van der Waals surface area contributed by atoms with Gasteiger partial charge in [0, 0.05) is 25.9 Å². The summed E-state index contributed by atoms with van der Waals surface area (Å²) in [4.78, 5) is 37.9. The average Bonchev–Trinajstić information content (AvgIpc) is 2.68. The second-order valence-corrected chi connectivity index (χ2v) is 4.27. The summed E-state index contributed by atoms with van der Waals surface area (Å²) in [6, 6.07) is -0.685. The summed E-state index contributed by atoms with van der Waals surface area (Å²) in [7, 11) is 0. The summed E-state index contributed by atoms with van der Waals surface area (Å²) in [6.07, 6.45) is 0.444. The van der Waals surface area contributed by atoms with Gasteiger partial charge in [-0.3, -0.25) is 19.3 Å². The van der Waals surface area contributed by atoms with Crippen LogP contribution in [0.4, 0.5) is 0 Å². The van der Waals surface area contributed by atoms with Gasteiger partial charge in [0.05, 0.1) is 13.2 Å². The van der Waals surface area contributed by atoms with Crippen LogP contribution in [0.5, 0.6) is 0 Å². The lowest BCUT2D eigenvalue weighted by Crippen LogP contribution is -2.52. The molecule has 94 valence electrons. The fourth-order valence-corrected chi connectivity index (χ4v) is 2.18. The van der Waals surface area contributed by atoms with E-state index in [4.69, 9.17) is 4.74 Å². The van der Waals surface area contributed by atoms with Gasteiger partial charge in [0.15, 0.2) is 0 Å². The van der Waals surface area contributed by atoms with Crippen molar-refractivity contribution in [2.45, 2.75) is 25.8 Å². The Kier molecular flexibility index (Phi) is 3.42. The summed E-state index contributed by atoms with van der Waals surface area (Å²) in [5.41, 5.74) is 0. The van der Waals surface area contributed by atoms with E-state index in [1.165, 1.54) is 0 Å². The zero-order valence-corrected chi connectivity index (χ0v) is 9.85. The molecule has 0 aromatic rings. The first-order valence-electron chi connectivity index (χ1n) is 5.82. The zero-order valence-electron chi connectivity index (χ0n) is 9.85. The molecule has 0 aromatic heterocycles. The minimum atomic E-state index is -0.685. The molecule has 0 spiro atoms. The van der Waals surface area contributed by atoms with E-state index in [0.717, 1.165) is 4.90 Å². The van der Waals surface area contributed by atoms with Crippen molar-refractivity contribution in [3.8, 4) is 0 Å². The van der Waals surface area contributed by atoms with Crippen molar-refractivity contribution in [3.63, 3.8) is 0 Å². The van der Waals surface area contributed by atoms with E-state index in [2.05, 4.69) is 0 Å². The molecule has 17 heavy (non-hydrogen) atoms. The first-order valence-corrected chi connectivity index (χ1v) is 5.82. The highest BCUT2D eigenvalue weighted by atomic mass is 16.5. The Balaban J connectivity index is 2.03. The van der Waals surface area contributed by atoms with Crippen LogP contribution in [0.25, 0.3) is 0 Å². The maximum atomic E-state index is 12.1. The number of hydrogen-bond acceptors (Lipinski definition) is 4. The highest BCUT2D eigenvalue weighted by Gasteiger charge is 2.37. The third-order valence-corrected chi connectivity index (χ3v) is 3.16. The Labute approximate surface area is 99.5 Å². The molecule has 0 aliphatic carbocycles. The molecular formula is C11H16N2O4. The molecule has 0 aromatic carbocycles. The van der Waals surface area contributed by atoms with Crippen LogP contribution in [0.2, 0.25) is 0 Å². The van der Waals surface area contributed by atoms with Gasteiger partial charge < -0.3 is 9.64 Å². The summed E-state index contributed by atoms with van der Waals surface area (Å²) in [5, 5.41) is 0. The molecule has 2 saturated heterocycles. The second kappa shape index (κ2) is 4.83. The van der Waals surface area contributed by atoms with Gasteiger partial charge in [0.2, 0.25) is 17.7 Å². The number of ether oxygens (including phenoxy) is 1. The number of imide groups is 1. The van der Waals surface area contributed by atoms with Crippen molar-refractivity contribution in [1.29, 1.82) is 0 Å². The highest BCUT2D eigenvalue weighted by Crippen LogP contribution is 2.17. The quantitative estimate of drug-likeness (QED) is 0.603. The molecule has 0 N–H and O–H groups in total. The van der Waals surface area contributed by atoms with Crippen LogP contribution >= 0.6 is 0 Å². The topological polar surface area (TPSA) is 66.9 Å². The van der Waals surface area contributed by atoms with Gasteiger partial charge in [-0.25, -0.2) is 0 Å². The Bertz CT molecular complexity index is 333. The Morgan fingerprint density at radius 2 is 1.71 bits per heavy atom. The van der Waals surface area contributed by atoms with Crippen LogP contribution < -0.4 is 0 Å². The van der Waals surface area contributed by atoms with E-state index in [1.807, 2.05) is 0 Å². The maximum Gasteiger partial charge on any atom is 0.245 e. The van der Waals surface area contributed by atoms with Crippen molar-refractivity contribution >= 4 is 17.7 Å². The monoisotopic (exact) mass is 240 g/mol. The molecule has 1 atom stereocenters. The lowest BCUT2D eigenvalue weighted by atomic mass is 10.2. The summed E-state index contributed by atoms with van der Waals surface area (Å²) >= 11 is 0. The number of carbonyl (C=O) groups excluding carboxylic acids is 3. The van der Waals surface area contributed by atoms with E-state index in [1.54, 1.807) is 11.8 Å². The molecule has 2 aliphatic heterocycles. The first kappa shape index (κ1) is 12.0. The SMILES string of the molecule is C[C@@H](C(=O)N1CCOCC1)N1C(=O)CCC1=O. The average molecular weight is 240 g/mol. The molecule has 3 amide bonds. The van der Waals surface area contributed by atoms with Gasteiger partial charge in [-0.05, 0) is 6.92 Å². The lowest BCUT2D eigenvalue weighted by Gasteiger charge is -2.31. The molecule has 0 radical (unpaired) electrons. The van der Waals surface area contributed by atoms with Crippen LogP contribution in [0.15, 0.2) is 0 Å². The van der Waals surface area contributed by atoms with Crippen molar-refractivity contribution in [2.24, 2.45) is 0 Å². The van der Waals surface area contributed by atoms with Crippen LogP contribution in [0.1, 0.15) is 19.8 Å². The number of rotatable bonds is 2. The van der Waals surface area contributed by atoms with Gasteiger partial charge in [0.25, 0.3) is 0 Å². The number of likely N-dealkylation sites (tertiary alicyclic amines) is 1. The van der Waals surface area contributed by atoms with Crippen molar-refractivity contribution in [1.82, 2.24) is 9.80 Å². The van der Waals surface area contributed by atoms with Crippen molar-refractivity contribution in [2.75, 3.05) is 26.3 Å². The Morgan fingerprint density at radius 1 is 1.18 bits per heavy atom. The van der Waals surface area contributed by atoms with Crippen LogP contribution in [-0.4, -0.2) is 59.9 Å². The first-order chi connectivity index (χ1) is 8.11. The predicted molar refractivity (Wildman–Crippen MR) is 57.9 cm³/mol. The molecular weight excluding hydrogens is 224 g/mol. The van der Waals surface area contributed by atoms with Gasteiger partial charge in [-0.1, -0.05) is 0 Å².